The van der Waals surface area contributed by atoms with Crippen LogP contribution in [0.1, 0.15) is 10.4 Å². The number of fused-ring (bicyclic) bond motifs is 1. The molecule has 4 aromatic rings. The van der Waals surface area contributed by atoms with Crippen LogP contribution in [0, 0.1) is 0 Å². The number of nitrogens with one attached hydrogen (secondary N) is 1. The minimum atomic E-state index is -0.477. The molecule has 0 aliphatic heterocycles. The summed E-state index contributed by atoms with van der Waals surface area (Å²) in [5.74, 6) is -0.380. The number of imidazole rings is 1. The van der Waals surface area contributed by atoms with Crippen molar-refractivity contribution in [1.29, 1.82) is 0 Å². The number of carbonyl (C=O) groups is 1. The molecule has 0 saturated carbocycles. The van der Waals surface area contributed by atoms with Crippen LogP contribution in [-0.2, 0) is 0 Å². The van der Waals surface area contributed by atoms with Crippen molar-refractivity contribution >= 4 is 22.6 Å². The van der Waals surface area contributed by atoms with E-state index in [0.717, 1.165) is 10.3 Å². The second-order valence-corrected chi connectivity index (χ2v) is 5.48. The summed E-state index contributed by atoms with van der Waals surface area (Å²) >= 11 is 0. The van der Waals surface area contributed by atoms with Crippen molar-refractivity contribution in [3.63, 3.8) is 0 Å². The molecule has 0 amide bonds. The van der Waals surface area contributed by atoms with Crippen molar-refractivity contribution in [1.82, 2.24) is 14.1 Å². The van der Waals surface area contributed by atoms with E-state index in [2.05, 4.69) is 4.98 Å². The molecule has 0 aliphatic carbocycles. The molecule has 118 valence electrons. The summed E-state index contributed by atoms with van der Waals surface area (Å²) in [4.78, 5) is 27.5. The lowest BCUT2D eigenvalue weighted by molar-refractivity contribution is 0.0961. The van der Waals surface area contributed by atoms with Crippen molar-refractivity contribution in [3.8, 4) is 5.69 Å². The molecule has 2 aromatic heterocycles. The fourth-order valence-electron chi connectivity index (χ4n) is 2.74. The molecule has 0 radical (unpaired) electrons. The molecule has 0 aliphatic rings. The summed E-state index contributed by atoms with van der Waals surface area (Å²) in [7, 11) is 0. The Morgan fingerprint density at radius 1 is 1.00 bits per heavy atom. The van der Waals surface area contributed by atoms with Gasteiger partial charge in [0.05, 0.1) is 11.0 Å². The van der Waals surface area contributed by atoms with Gasteiger partial charge in [0, 0.05) is 29.3 Å². The molecule has 0 fully saturated rings. The highest BCUT2D eigenvalue weighted by atomic mass is 16.2. The SMILES string of the molecule is Nc1ccc2c(c1)[nH]c(=O)n2C(=O)c1ccc(-n2cccc2)cc1. The van der Waals surface area contributed by atoms with Gasteiger partial charge in [-0.1, -0.05) is 0 Å². The van der Waals surface area contributed by atoms with Gasteiger partial charge in [-0.3, -0.25) is 4.79 Å². The van der Waals surface area contributed by atoms with Gasteiger partial charge in [-0.05, 0) is 54.6 Å². The summed E-state index contributed by atoms with van der Waals surface area (Å²) in [6, 6.07) is 15.9. The number of nitrogens with zero attached hydrogens (tertiary/aromatic N) is 2. The molecule has 0 unspecified atom stereocenters. The summed E-state index contributed by atoms with van der Waals surface area (Å²) in [6.07, 6.45) is 3.84. The Labute approximate surface area is 136 Å². The predicted octanol–water partition coefficient (Wildman–Crippen LogP) is 2.39. The molecular weight excluding hydrogens is 304 g/mol. The van der Waals surface area contributed by atoms with E-state index in [1.165, 1.54) is 0 Å². The summed E-state index contributed by atoms with van der Waals surface area (Å²) in [5.41, 5.74) is 8.19. The first-order valence-electron chi connectivity index (χ1n) is 7.42. The maximum Gasteiger partial charge on any atom is 0.333 e. The van der Waals surface area contributed by atoms with E-state index in [0.29, 0.717) is 22.3 Å². The Hall–Kier alpha value is -3.54. The molecule has 0 atom stereocenters. The van der Waals surface area contributed by atoms with Gasteiger partial charge < -0.3 is 15.3 Å². The lowest BCUT2D eigenvalue weighted by atomic mass is 10.2. The van der Waals surface area contributed by atoms with Crippen LogP contribution in [0.2, 0.25) is 0 Å². The number of hydrogen-bond acceptors (Lipinski definition) is 3. The number of hydrogen-bond donors (Lipinski definition) is 2. The molecule has 24 heavy (non-hydrogen) atoms. The third-order valence-corrected chi connectivity index (χ3v) is 3.93. The molecule has 6 heteroatoms. The Bertz CT molecular complexity index is 1090. The lowest BCUT2D eigenvalue weighted by Crippen LogP contribution is -2.24. The summed E-state index contributed by atoms with van der Waals surface area (Å²) in [6.45, 7) is 0. The maximum absolute atomic E-state index is 12.7. The second kappa shape index (κ2) is 5.27. The van der Waals surface area contributed by atoms with E-state index < -0.39 is 5.69 Å². The van der Waals surface area contributed by atoms with E-state index in [1.807, 2.05) is 41.2 Å². The molecule has 3 N–H and O–H groups in total. The molecule has 2 heterocycles. The fraction of sp³-hybridized carbons (Fsp3) is 0. The number of anilines is 1. The number of nitrogens with two attached hydrogens (primary N) is 1. The van der Waals surface area contributed by atoms with E-state index in [-0.39, 0.29) is 5.91 Å². The van der Waals surface area contributed by atoms with Crippen LogP contribution in [0.4, 0.5) is 5.69 Å². The van der Waals surface area contributed by atoms with Crippen molar-refractivity contribution < 1.29 is 4.79 Å². The van der Waals surface area contributed by atoms with Crippen molar-refractivity contribution in [2.45, 2.75) is 0 Å². The third-order valence-electron chi connectivity index (χ3n) is 3.93. The molecule has 0 spiro atoms. The molecule has 4 rings (SSSR count). The Kier molecular flexibility index (Phi) is 3.09. The highest BCUT2D eigenvalue weighted by Crippen LogP contribution is 2.16. The Balaban J connectivity index is 1.76. The van der Waals surface area contributed by atoms with Gasteiger partial charge in [-0.25, -0.2) is 9.36 Å². The second-order valence-electron chi connectivity index (χ2n) is 5.48. The zero-order chi connectivity index (χ0) is 16.7. The highest BCUT2D eigenvalue weighted by Gasteiger charge is 2.16. The number of rotatable bonds is 2. The number of aromatic amines is 1. The molecule has 2 aromatic carbocycles. The van der Waals surface area contributed by atoms with E-state index >= 15 is 0 Å². The zero-order valence-electron chi connectivity index (χ0n) is 12.6. The largest absolute Gasteiger partial charge is 0.399 e. The van der Waals surface area contributed by atoms with Crippen molar-refractivity contribution in [2.24, 2.45) is 0 Å². The molecular formula is C18H14N4O2. The van der Waals surface area contributed by atoms with Crippen LogP contribution >= 0.6 is 0 Å². The molecule has 0 saturated heterocycles. The van der Waals surface area contributed by atoms with E-state index in [4.69, 9.17) is 5.73 Å². The number of H-pyrrole nitrogens is 1. The van der Waals surface area contributed by atoms with Crippen LogP contribution in [0.25, 0.3) is 16.7 Å². The highest BCUT2D eigenvalue weighted by molar-refractivity contribution is 6.01. The van der Waals surface area contributed by atoms with Crippen LogP contribution in [0.3, 0.4) is 0 Å². The smallest absolute Gasteiger partial charge is 0.333 e. The van der Waals surface area contributed by atoms with E-state index in [1.54, 1.807) is 30.3 Å². The summed E-state index contributed by atoms with van der Waals surface area (Å²) in [5, 5.41) is 0. The minimum absolute atomic E-state index is 0.380. The zero-order valence-corrected chi connectivity index (χ0v) is 12.6. The monoisotopic (exact) mass is 318 g/mol. The first kappa shape index (κ1) is 14.1. The van der Waals surface area contributed by atoms with Crippen LogP contribution in [-0.4, -0.2) is 20.0 Å². The number of nitrogen functional groups attached to an aromatic ring is 1. The quantitative estimate of drug-likeness (QED) is 0.556. The minimum Gasteiger partial charge on any atom is -0.399 e. The fourth-order valence-corrected chi connectivity index (χ4v) is 2.74. The standard InChI is InChI=1S/C18H14N4O2/c19-13-5-8-16-15(11-13)20-18(24)22(16)17(23)12-3-6-14(7-4-12)21-9-1-2-10-21/h1-11H,19H2,(H,20,24). The molecule has 6 nitrogen and oxygen atoms in total. The third kappa shape index (κ3) is 2.21. The van der Waals surface area contributed by atoms with Gasteiger partial charge in [0.1, 0.15) is 0 Å². The summed E-state index contributed by atoms with van der Waals surface area (Å²) < 4.78 is 3.06. The number of carbonyl (C=O) groups excluding carboxylic acids is 1. The van der Waals surface area contributed by atoms with Gasteiger partial charge in [0.15, 0.2) is 0 Å². The molecule has 0 bridgehead atoms. The van der Waals surface area contributed by atoms with E-state index in [9.17, 15) is 9.59 Å². The Morgan fingerprint density at radius 2 is 1.71 bits per heavy atom. The number of benzene rings is 2. The normalized spacial score (nSPS) is 11.0. The Morgan fingerprint density at radius 3 is 2.42 bits per heavy atom. The van der Waals surface area contributed by atoms with Crippen LogP contribution in [0.15, 0.2) is 71.8 Å². The van der Waals surface area contributed by atoms with Crippen LogP contribution < -0.4 is 11.4 Å². The van der Waals surface area contributed by atoms with Gasteiger partial charge in [0.2, 0.25) is 0 Å². The predicted molar refractivity (Wildman–Crippen MR) is 92.5 cm³/mol. The number of aromatic nitrogens is 3. The lowest BCUT2D eigenvalue weighted by Gasteiger charge is -2.06. The van der Waals surface area contributed by atoms with Gasteiger partial charge in [-0.2, -0.15) is 0 Å². The van der Waals surface area contributed by atoms with Gasteiger partial charge in [-0.15, -0.1) is 0 Å². The van der Waals surface area contributed by atoms with Crippen LogP contribution in [0.5, 0.6) is 0 Å². The van der Waals surface area contributed by atoms with Gasteiger partial charge in [0.25, 0.3) is 5.91 Å². The first-order chi connectivity index (χ1) is 11.6. The van der Waals surface area contributed by atoms with Gasteiger partial charge >= 0.3 is 5.69 Å². The first-order valence-corrected chi connectivity index (χ1v) is 7.42. The average Bonchev–Trinajstić information content (AvgIpc) is 3.21. The van der Waals surface area contributed by atoms with Crippen molar-refractivity contribution in [2.75, 3.05) is 5.73 Å². The average molecular weight is 318 g/mol. The topological polar surface area (TPSA) is 85.8 Å². The maximum atomic E-state index is 12.7. The van der Waals surface area contributed by atoms with Crippen molar-refractivity contribution in [3.05, 3.63) is 83.0 Å².